The Morgan fingerprint density at radius 3 is 2.67 bits per heavy atom. The Bertz CT molecular complexity index is 759. The van der Waals surface area contributed by atoms with Crippen molar-refractivity contribution < 1.29 is 14.7 Å². The maximum atomic E-state index is 12.0. The number of amides is 1. The Hall–Kier alpha value is -2.16. The molecule has 2 aromatic rings. The molecule has 0 saturated carbocycles. The number of hydrogen-bond donors (Lipinski definition) is 2. The summed E-state index contributed by atoms with van der Waals surface area (Å²) in [5.74, 6) is -0.664. The molecule has 0 aliphatic carbocycles. The van der Waals surface area contributed by atoms with E-state index in [0.29, 0.717) is 17.4 Å². The molecule has 8 nitrogen and oxygen atoms in total. The Kier molecular flexibility index (Phi) is 5.76. The number of nitrogens with zero attached hydrogens (tertiary/aromatic N) is 4. The van der Waals surface area contributed by atoms with Gasteiger partial charge in [0, 0.05) is 11.4 Å². The van der Waals surface area contributed by atoms with Gasteiger partial charge < -0.3 is 10.4 Å². The normalized spacial score (nSPS) is 12.5. The van der Waals surface area contributed by atoms with Gasteiger partial charge in [-0.1, -0.05) is 25.6 Å². The molecule has 1 atom stereocenters. The van der Waals surface area contributed by atoms with Gasteiger partial charge in [-0.2, -0.15) is 4.98 Å². The number of rotatable bonds is 7. The number of carboxylic acid groups (broad SMARTS) is 1. The van der Waals surface area contributed by atoms with Gasteiger partial charge in [0.15, 0.2) is 0 Å². The van der Waals surface area contributed by atoms with E-state index >= 15 is 0 Å². The number of carboxylic acids is 1. The third kappa shape index (κ3) is 4.67. The van der Waals surface area contributed by atoms with Crippen molar-refractivity contribution in [2.24, 2.45) is 5.92 Å². The number of aryl methyl sites for hydroxylation is 2. The molecule has 0 bridgehead atoms. The fourth-order valence-electron chi connectivity index (χ4n) is 2.27. The molecule has 0 saturated heterocycles. The molecule has 2 heterocycles. The summed E-state index contributed by atoms with van der Waals surface area (Å²) in [7, 11) is 0. The van der Waals surface area contributed by atoms with Crippen molar-refractivity contribution in [1.82, 2.24) is 24.9 Å². The van der Waals surface area contributed by atoms with Crippen LogP contribution in [0.4, 0.5) is 0 Å². The van der Waals surface area contributed by atoms with Crippen molar-refractivity contribution >= 4 is 29.4 Å². The zero-order valence-corrected chi connectivity index (χ0v) is 14.9. The largest absolute Gasteiger partial charge is 0.480 e. The highest BCUT2D eigenvalue weighted by Crippen LogP contribution is 2.15. The molecule has 9 heteroatoms. The van der Waals surface area contributed by atoms with Crippen LogP contribution in [0, 0.1) is 19.8 Å². The van der Waals surface area contributed by atoms with Crippen LogP contribution >= 0.6 is 11.8 Å². The lowest BCUT2D eigenvalue weighted by Crippen LogP contribution is -2.42. The van der Waals surface area contributed by atoms with Gasteiger partial charge in [-0.3, -0.25) is 4.79 Å². The molecule has 2 N–H and O–H groups in total. The Balaban J connectivity index is 1.98. The highest BCUT2D eigenvalue weighted by molar-refractivity contribution is 7.99. The monoisotopic (exact) mass is 351 g/mol. The van der Waals surface area contributed by atoms with Gasteiger partial charge in [0.05, 0.1) is 5.75 Å². The zero-order chi connectivity index (χ0) is 17.9. The highest BCUT2D eigenvalue weighted by atomic mass is 32.2. The lowest BCUT2D eigenvalue weighted by atomic mass is 10.0. The third-order valence-electron chi connectivity index (χ3n) is 3.27. The minimum Gasteiger partial charge on any atom is -0.480 e. The predicted octanol–water partition coefficient (Wildman–Crippen LogP) is 1.45. The number of thioether (sulfide) groups is 1. The van der Waals surface area contributed by atoms with Crippen LogP contribution in [0.3, 0.4) is 0 Å². The summed E-state index contributed by atoms with van der Waals surface area (Å²) in [5, 5.41) is 16.4. The molecule has 24 heavy (non-hydrogen) atoms. The summed E-state index contributed by atoms with van der Waals surface area (Å²) in [5.41, 5.74) is 1.75. The first-order valence-electron chi connectivity index (χ1n) is 7.62. The van der Waals surface area contributed by atoms with E-state index in [1.54, 1.807) is 4.52 Å². The number of aromatic nitrogens is 4. The molecule has 0 aromatic carbocycles. The maximum absolute atomic E-state index is 12.0. The lowest BCUT2D eigenvalue weighted by Gasteiger charge is -2.15. The van der Waals surface area contributed by atoms with E-state index in [2.05, 4.69) is 20.4 Å². The Labute approximate surface area is 144 Å². The van der Waals surface area contributed by atoms with Crippen molar-refractivity contribution in [3.63, 3.8) is 0 Å². The number of nitrogens with one attached hydrogen (secondary N) is 1. The predicted molar refractivity (Wildman–Crippen MR) is 90.0 cm³/mol. The summed E-state index contributed by atoms with van der Waals surface area (Å²) < 4.78 is 1.62. The second-order valence-corrected chi connectivity index (χ2v) is 6.96. The van der Waals surface area contributed by atoms with Gasteiger partial charge in [0.2, 0.25) is 11.1 Å². The van der Waals surface area contributed by atoms with Crippen molar-refractivity contribution in [3.8, 4) is 0 Å². The summed E-state index contributed by atoms with van der Waals surface area (Å²) in [6.45, 7) is 7.60. The molecule has 0 radical (unpaired) electrons. The molecular formula is C15H21N5O3S. The summed E-state index contributed by atoms with van der Waals surface area (Å²) in [6, 6.07) is 1.02. The van der Waals surface area contributed by atoms with E-state index in [0.717, 1.165) is 23.1 Å². The molecule has 2 aromatic heterocycles. The van der Waals surface area contributed by atoms with E-state index in [4.69, 9.17) is 5.11 Å². The van der Waals surface area contributed by atoms with Gasteiger partial charge in [-0.15, -0.1) is 5.10 Å². The number of hydrogen-bond acceptors (Lipinski definition) is 6. The van der Waals surface area contributed by atoms with Crippen molar-refractivity contribution in [3.05, 3.63) is 17.5 Å². The van der Waals surface area contributed by atoms with E-state index < -0.39 is 12.0 Å². The van der Waals surface area contributed by atoms with Crippen molar-refractivity contribution in [1.29, 1.82) is 0 Å². The first-order chi connectivity index (χ1) is 11.3. The molecule has 0 unspecified atom stereocenters. The topological polar surface area (TPSA) is 109 Å². The van der Waals surface area contributed by atoms with Crippen LogP contribution in [0.5, 0.6) is 0 Å². The van der Waals surface area contributed by atoms with Gasteiger partial charge in [0.25, 0.3) is 5.78 Å². The SMILES string of the molecule is Cc1cc(C)n2nc(SCC(=O)N[C@H](CC(C)C)C(=O)O)nc2n1. The average molecular weight is 351 g/mol. The fourth-order valence-corrected chi connectivity index (χ4v) is 2.90. The van der Waals surface area contributed by atoms with Crippen molar-refractivity contribution in [2.75, 3.05) is 5.75 Å². The minimum atomic E-state index is -1.02. The number of fused-ring (bicyclic) bond motifs is 1. The standard InChI is InChI=1S/C15H21N5O3S/c1-8(2)5-11(13(22)23)17-12(21)7-24-15-18-14-16-9(3)6-10(4)20(14)19-15/h6,8,11H,5,7H2,1-4H3,(H,17,21)(H,22,23)/t11-/m1/s1. The zero-order valence-electron chi connectivity index (χ0n) is 14.1. The maximum Gasteiger partial charge on any atom is 0.326 e. The molecule has 130 valence electrons. The van der Waals surface area contributed by atoms with Crippen LogP contribution in [0.2, 0.25) is 0 Å². The average Bonchev–Trinajstić information content (AvgIpc) is 2.87. The Morgan fingerprint density at radius 1 is 1.33 bits per heavy atom. The van der Waals surface area contributed by atoms with E-state index in [9.17, 15) is 9.59 Å². The number of aliphatic carboxylic acids is 1. The number of carbonyl (C=O) groups is 2. The lowest BCUT2D eigenvalue weighted by molar-refractivity contribution is -0.141. The fraction of sp³-hybridized carbons (Fsp3) is 0.533. The quantitative estimate of drug-likeness (QED) is 0.727. The van der Waals surface area contributed by atoms with Gasteiger partial charge in [-0.05, 0) is 32.3 Å². The minimum absolute atomic E-state index is 0.0524. The summed E-state index contributed by atoms with van der Waals surface area (Å²) >= 11 is 1.15. The molecule has 0 aliphatic heterocycles. The molecule has 2 rings (SSSR count). The van der Waals surface area contributed by atoms with Gasteiger partial charge >= 0.3 is 5.97 Å². The third-order valence-corrected chi connectivity index (χ3v) is 4.11. The van der Waals surface area contributed by atoms with Crippen LogP contribution in [0.15, 0.2) is 11.2 Å². The smallest absolute Gasteiger partial charge is 0.326 e. The second kappa shape index (κ2) is 7.61. The number of carbonyl (C=O) groups excluding carboxylic acids is 1. The summed E-state index contributed by atoms with van der Waals surface area (Å²) in [6.07, 6.45) is 0.390. The first kappa shape index (κ1) is 18.2. The van der Waals surface area contributed by atoms with Crippen LogP contribution in [0.25, 0.3) is 5.78 Å². The van der Waals surface area contributed by atoms with Crippen LogP contribution in [-0.4, -0.2) is 48.4 Å². The molecular weight excluding hydrogens is 330 g/mol. The second-order valence-electron chi connectivity index (χ2n) is 6.02. The molecule has 0 spiro atoms. The molecule has 0 aliphatic rings. The van der Waals surface area contributed by atoms with E-state index in [1.807, 2.05) is 33.8 Å². The van der Waals surface area contributed by atoms with E-state index in [1.165, 1.54) is 0 Å². The van der Waals surface area contributed by atoms with Gasteiger partial charge in [0.1, 0.15) is 6.04 Å². The van der Waals surface area contributed by atoms with Crippen LogP contribution in [0.1, 0.15) is 31.7 Å². The highest BCUT2D eigenvalue weighted by Gasteiger charge is 2.21. The van der Waals surface area contributed by atoms with Crippen LogP contribution in [-0.2, 0) is 9.59 Å². The Morgan fingerprint density at radius 2 is 2.04 bits per heavy atom. The van der Waals surface area contributed by atoms with Crippen LogP contribution < -0.4 is 5.32 Å². The van der Waals surface area contributed by atoms with Crippen molar-refractivity contribution in [2.45, 2.75) is 45.3 Å². The molecule has 0 fully saturated rings. The first-order valence-corrected chi connectivity index (χ1v) is 8.60. The summed E-state index contributed by atoms with van der Waals surface area (Å²) in [4.78, 5) is 31.7. The van der Waals surface area contributed by atoms with Gasteiger partial charge in [-0.25, -0.2) is 14.3 Å². The molecule has 1 amide bonds. The van der Waals surface area contributed by atoms with E-state index in [-0.39, 0.29) is 17.6 Å².